The van der Waals surface area contributed by atoms with E-state index in [1.807, 2.05) is 11.8 Å². The molecule has 5 rings (SSSR count). The maximum Gasteiger partial charge on any atom is 0.0343 e. The molecule has 27 heavy (non-hydrogen) atoms. The van der Waals surface area contributed by atoms with Crippen LogP contribution in [0.4, 0.5) is 0 Å². The van der Waals surface area contributed by atoms with Gasteiger partial charge in [0.05, 0.1) is 0 Å². The van der Waals surface area contributed by atoms with Crippen LogP contribution in [0.25, 0.3) is 5.57 Å². The summed E-state index contributed by atoms with van der Waals surface area (Å²) >= 11 is 0. The monoisotopic (exact) mass is 361 g/mol. The highest BCUT2D eigenvalue weighted by Gasteiger charge is 2.56. The van der Waals surface area contributed by atoms with Crippen molar-refractivity contribution in [3.8, 4) is 0 Å². The Hall–Kier alpha value is -1.37. The first-order chi connectivity index (χ1) is 12.9. The summed E-state index contributed by atoms with van der Waals surface area (Å²) in [5.74, 6) is 3.49. The van der Waals surface area contributed by atoms with Crippen LogP contribution in [-0.4, -0.2) is 4.98 Å². The molecule has 0 radical (unpaired) electrons. The van der Waals surface area contributed by atoms with E-state index in [9.17, 15) is 0 Å². The molecule has 1 nitrogen and oxygen atoms in total. The van der Waals surface area contributed by atoms with Gasteiger partial charge in [0.2, 0.25) is 0 Å². The summed E-state index contributed by atoms with van der Waals surface area (Å²) in [7, 11) is 0. The van der Waals surface area contributed by atoms with E-state index < -0.39 is 0 Å². The normalized spacial score (nSPS) is 43.3. The van der Waals surface area contributed by atoms with E-state index >= 15 is 0 Å². The molecule has 2 fully saturated rings. The molecule has 144 valence electrons. The zero-order valence-electron chi connectivity index (χ0n) is 17.6. The fourth-order valence-corrected chi connectivity index (χ4v) is 7.56. The van der Waals surface area contributed by atoms with Crippen molar-refractivity contribution in [2.75, 3.05) is 0 Å². The number of aromatic nitrogens is 1. The Bertz CT molecular complexity index is 817. The summed E-state index contributed by atoms with van der Waals surface area (Å²) < 4.78 is 0. The van der Waals surface area contributed by atoms with Crippen LogP contribution in [0.2, 0.25) is 0 Å². The second-order valence-electron chi connectivity index (χ2n) is 10.7. The van der Waals surface area contributed by atoms with Crippen molar-refractivity contribution in [3.05, 3.63) is 47.3 Å². The quantitative estimate of drug-likeness (QED) is 0.492. The van der Waals surface area contributed by atoms with Crippen LogP contribution in [0.1, 0.15) is 76.8 Å². The number of pyridine rings is 1. The van der Waals surface area contributed by atoms with E-state index in [4.69, 9.17) is 0 Å². The van der Waals surface area contributed by atoms with Gasteiger partial charge in [-0.1, -0.05) is 38.5 Å². The average molecular weight is 362 g/mol. The van der Waals surface area contributed by atoms with E-state index in [0.717, 1.165) is 23.7 Å². The largest absolute Gasteiger partial charge is 0.264 e. The highest BCUT2D eigenvalue weighted by molar-refractivity contribution is 5.72. The number of fused-ring (bicyclic) bond motifs is 5. The van der Waals surface area contributed by atoms with Crippen molar-refractivity contribution in [2.45, 2.75) is 72.6 Å². The predicted molar refractivity (Wildman–Crippen MR) is 113 cm³/mol. The molecule has 0 unspecified atom stereocenters. The highest BCUT2D eigenvalue weighted by atomic mass is 14.6. The maximum atomic E-state index is 4.50. The third-order valence-corrected chi connectivity index (χ3v) is 9.12. The number of allylic oxidation sites excluding steroid dienone is 4. The zero-order valence-corrected chi connectivity index (χ0v) is 17.6. The minimum absolute atomic E-state index is 0.348. The van der Waals surface area contributed by atoms with Crippen molar-refractivity contribution in [1.82, 2.24) is 4.98 Å². The van der Waals surface area contributed by atoms with Gasteiger partial charge in [-0.15, -0.1) is 0 Å². The van der Waals surface area contributed by atoms with E-state index in [2.05, 4.69) is 57.1 Å². The summed E-state index contributed by atoms with van der Waals surface area (Å²) in [5.41, 5.74) is 6.91. The molecule has 1 heteroatoms. The second-order valence-corrected chi connectivity index (χ2v) is 10.7. The maximum absolute atomic E-state index is 4.50. The van der Waals surface area contributed by atoms with Crippen LogP contribution in [0, 0.1) is 41.4 Å². The third kappa shape index (κ3) is 2.53. The molecule has 1 aromatic rings. The van der Waals surface area contributed by atoms with Gasteiger partial charge >= 0.3 is 0 Å². The standard InChI is InChI=1S/C26H35N/c1-17-9-11-25(3)20(14-17)5-6-21-23-8-7-22(19-13-18(2)15-27-16-19)26(23,4)12-10-24(21)25/h5,7,13,15-17,21,23-24H,6,8-12,14H2,1-4H3/t17-,21-,23-,24-,25-,26+/m0/s1. The van der Waals surface area contributed by atoms with E-state index in [1.165, 1.54) is 56.1 Å². The van der Waals surface area contributed by atoms with Crippen molar-refractivity contribution in [2.24, 2.45) is 34.5 Å². The average Bonchev–Trinajstić information content (AvgIpc) is 2.99. The molecule has 0 bridgehead atoms. The van der Waals surface area contributed by atoms with E-state index in [0.29, 0.717) is 10.8 Å². The van der Waals surface area contributed by atoms with E-state index in [1.54, 1.807) is 5.57 Å². The Morgan fingerprint density at radius 1 is 0.963 bits per heavy atom. The third-order valence-electron chi connectivity index (χ3n) is 9.12. The molecule has 4 aliphatic carbocycles. The molecule has 1 aromatic heterocycles. The zero-order chi connectivity index (χ0) is 18.8. The topological polar surface area (TPSA) is 12.9 Å². The van der Waals surface area contributed by atoms with Crippen molar-refractivity contribution < 1.29 is 0 Å². The highest BCUT2D eigenvalue weighted by Crippen LogP contribution is 2.66. The van der Waals surface area contributed by atoms with Gasteiger partial charge in [0, 0.05) is 12.4 Å². The fraction of sp³-hybridized carbons (Fsp3) is 0.654. The van der Waals surface area contributed by atoms with Crippen molar-refractivity contribution in [1.29, 1.82) is 0 Å². The smallest absolute Gasteiger partial charge is 0.0343 e. The van der Waals surface area contributed by atoms with Crippen LogP contribution in [0.5, 0.6) is 0 Å². The fourth-order valence-electron chi connectivity index (χ4n) is 7.56. The summed E-state index contributed by atoms with van der Waals surface area (Å²) in [6.45, 7) is 9.81. The van der Waals surface area contributed by atoms with Crippen molar-refractivity contribution >= 4 is 5.57 Å². The molecule has 1 heterocycles. The first kappa shape index (κ1) is 17.7. The molecule has 0 N–H and O–H groups in total. The van der Waals surface area contributed by atoms with Gasteiger partial charge in [-0.25, -0.2) is 0 Å². The Morgan fingerprint density at radius 2 is 1.78 bits per heavy atom. The minimum Gasteiger partial charge on any atom is -0.264 e. The molecular weight excluding hydrogens is 326 g/mol. The van der Waals surface area contributed by atoms with Gasteiger partial charge in [-0.2, -0.15) is 0 Å². The molecule has 0 saturated heterocycles. The van der Waals surface area contributed by atoms with E-state index in [-0.39, 0.29) is 0 Å². The van der Waals surface area contributed by atoms with Crippen LogP contribution in [-0.2, 0) is 0 Å². The van der Waals surface area contributed by atoms with Gasteiger partial charge < -0.3 is 0 Å². The minimum atomic E-state index is 0.348. The number of rotatable bonds is 1. The molecule has 0 aliphatic heterocycles. The molecule has 0 spiro atoms. The van der Waals surface area contributed by atoms with Crippen molar-refractivity contribution in [3.63, 3.8) is 0 Å². The Kier molecular flexibility index (Phi) is 3.98. The summed E-state index contributed by atoms with van der Waals surface area (Å²) in [5, 5.41) is 0. The van der Waals surface area contributed by atoms with Gasteiger partial charge in [0.25, 0.3) is 0 Å². The van der Waals surface area contributed by atoms with Crippen LogP contribution < -0.4 is 0 Å². The number of nitrogens with zero attached hydrogens (tertiary/aromatic N) is 1. The first-order valence-corrected chi connectivity index (χ1v) is 11.2. The van der Waals surface area contributed by atoms with Crippen LogP contribution >= 0.6 is 0 Å². The lowest BCUT2D eigenvalue weighted by molar-refractivity contribution is -0.0137. The summed E-state index contributed by atoms with van der Waals surface area (Å²) in [6, 6.07) is 2.35. The number of hydrogen-bond donors (Lipinski definition) is 0. The Balaban J connectivity index is 1.48. The lowest BCUT2D eigenvalue weighted by Gasteiger charge is -2.58. The molecular formula is C26H35N. The van der Waals surface area contributed by atoms with Crippen LogP contribution in [0.15, 0.2) is 36.2 Å². The summed E-state index contributed by atoms with van der Waals surface area (Å²) in [4.78, 5) is 4.50. The SMILES string of the molecule is Cc1cncc(C2=CC[C@H]3[C@@H]4CC=C5C[C@@H](C)CC[C@]5(C)[C@H]4CC[C@]23C)c1. The Labute approximate surface area is 165 Å². The molecule has 0 aromatic carbocycles. The summed E-state index contributed by atoms with van der Waals surface area (Å²) in [6.07, 6.45) is 18.9. The number of aryl methyl sites for hydroxylation is 1. The number of hydrogen-bond acceptors (Lipinski definition) is 1. The molecule has 4 aliphatic rings. The van der Waals surface area contributed by atoms with Crippen LogP contribution in [0.3, 0.4) is 0 Å². The van der Waals surface area contributed by atoms with Gasteiger partial charge in [-0.3, -0.25) is 4.98 Å². The second kappa shape index (κ2) is 6.06. The Morgan fingerprint density at radius 3 is 2.59 bits per heavy atom. The van der Waals surface area contributed by atoms with Gasteiger partial charge in [0.15, 0.2) is 0 Å². The van der Waals surface area contributed by atoms with Gasteiger partial charge in [0.1, 0.15) is 0 Å². The first-order valence-electron chi connectivity index (χ1n) is 11.2. The molecule has 0 amide bonds. The lowest BCUT2D eigenvalue weighted by Crippen LogP contribution is -2.49. The molecule has 2 saturated carbocycles. The lowest BCUT2D eigenvalue weighted by atomic mass is 9.47. The predicted octanol–water partition coefficient (Wildman–Crippen LogP) is 6.98. The molecule has 6 atom stereocenters. The van der Waals surface area contributed by atoms with Gasteiger partial charge in [-0.05, 0) is 109 Å².